The van der Waals surface area contributed by atoms with Crippen LogP contribution in [0.25, 0.3) is 0 Å². The number of sulfonamides is 1. The predicted octanol–water partition coefficient (Wildman–Crippen LogP) is 2.97. The Bertz CT molecular complexity index is 991. The van der Waals surface area contributed by atoms with Crippen molar-refractivity contribution in [3.05, 3.63) is 59.7 Å². The second-order valence-corrected chi connectivity index (χ2v) is 10.8. The third kappa shape index (κ3) is 4.95. The van der Waals surface area contributed by atoms with Crippen molar-refractivity contribution in [1.82, 2.24) is 14.1 Å². The second-order valence-electron chi connectivity index (χ2n) is 8.93. The maximum atomic E-state index is 13.6. The van der Waals surface area contributed by atoms with Crippen LogP contribution in [0.15, 0.2) is 53.4 Å². The van der Waals surface area contributed by atoms with E-state index in [1.165, 1.54) is 11.1 Å². The number of hydrogen-bond donors (Lipinski definition) is 0. The fourth-order valence-electron chi connectivity index (χ4n) is 4.50. The summed E-state index contributed by atoms with van der Waals surface area (Å²) in [6.45, 7) is 5.85. The molecule has 0 amide bonds. The highest BCUT2D eigenvalue weighted by Gasteiger charge is 2.43. The minimum atomic E-state index is -3.62. The van der Waals surface area contributed by atoms with Gasteiger partial charge in [-0.05, 0) is 51.6 Å². The number of rotatable bonds is 5. The average Bonchev–Trinajstić information content (AvgIpc) is 2.97. The summed E-state index contributed by atoms with van der Waals surface area (Å²) in [5, 5.41) is 0. The van der Waals surface area contributed by atoms with Crippen LogP contribution in [-0.4, -0.2) is 74.9 Å². The van der Waals surface area contributed by atoms with E-state index < -0.39 is 10.0 Å². The minimum absolute atomic E-state index is 0.149. The van der Waals surface area contributed by atoms with Gasteiger partial charge in [-0.3, -0.25) is 4.90 Å². The van der Waals surface area contributed by atoms with Gasteiger partial charge in [0.25, 0.3) is 0 Å². The molecule has 1 fully saturated rings. The van der Waals surface area contributed by atoms with Gasteiger partial charge in [-0.15, -0.1) is 0 Å². The number of hydrogen-bond acceptors (Lipinski definition) is 5. The Morgan fingerprint density at radius 3 is 2.48 bits per heavy atom. The molecule has 4 rings (SSSR count). The molecular weight excluding hydrogens is 410 g/mol. The number of para-hydroxylation sites is 1. The summed E-state index contributed by atoms with van der Waals surface area (Å²) in [7, 11) is 0.330. The van der Waals surface area contributed by atoms with Gasteiger partial charge in [0.1, 0.15) is 16.7 Å². The normalized spacial score (nSPS) is 24.0. The number of benzene rings is 2. The number of aryl methyl sites for hydroxylation is 1. The van der Waals surface area contributed by atoms with E-state index in [2.05, 4.69) is 36.1 Å². The van der Waals surface area contributed by atoms with E-state index in [0.717, 1.165) is 32.5 Å². The average molecular weight is 444 g/mol. The molecule has 2 aromatic carbocycles. The molecule has 0 spiro atoms. The van der Waals surface area contributed by atoms with Gasteiger partial charge >= 0.3 is 0 Å². The first-order chi connectivity index (χ1) is 14.8. The molecule has 0 unspecified atom stereocenters. The molecule has 31 heavy (non-hydrogen) atoms. The van der Waals surface area contributed by atoms with Crippen molar-refractivity contribution in [2.45, 2.75) is 43.4 Å². The molecule has 168 valence electrons. The number of likely N-dealkylation sites (N-methyl/N-ethyl adjacent to an activating group) is 1. The molecule has 2 aromatic rings. The van der Waals surface area contributed by atoms with E-state index in [1.54, 1.807) is 22.5 Å². The fraction of sp³-hybridized carbons (Fsp3) is 0.500. The lowest BCUT2D eigenvalue weighted by molar-refractivity contribution is 0.110. The summed E-state index contributed by atoms with van der Waals surface area (Å²) < 4.78 is 35.3. The molecule has 1 saturated heterocycles. The molecule has 2 aliphatic rings. The molecule has 0 aliphatic carbocycles. The standard InChI is InChI=1S/C24H33N3O3S/c1-19-8-10-20(11-9-19)18-26-14-12-21-22(13-15-26)30-23-6-4-5-7-24(23)31(28,29)27(21)17-16-25(2)3/h4-11,21-22H,12-18H2,1-3H3/t21-,22-/m0/s1. The maximum Gasteiger partial charge on any atom is 0.247 e. The minimum Gasteiger partial charge on any atom is -0.487 e. The van der Waals surface area contributed by atoms with Crippen LogP contribution >= 0.6 is 0 Å². The molecule has 2 atom stereocenters. The summed E-state index contributed by atoms with van der Waals surface area (Å²) in [5.74, 6) is 0.483. The Balaban J connectivity index is 1.60. The van der Waals surface area contributed by atoms with Crippen LogP contribution in [0, 0.1) is 6.92 Å². The number of likely N-dealkylation sites (tertiary alicyclic amines) is 1. The van der Waals surface area contributed by atoms with Gasteiger partial charge < -0.3 is 9.64 Å². The third-order valence-corrected chi connectivity index (χ3v) is 8.24. The molecule has 2 aliphatic heterocycles. The Morgan fingerprint density at radius 1 is 1.03 bits per heavy atom. The highest BCUT2D eigenvalue weighted by molar-refractivity contribution is 7.89. The van der Waals surface area contributed by atoms with Gasteiger partial charge in [0, 0.05) is 32.7 Å². The molecule has 0 bridgehead atoms. The maximum absolute atomic E-state index is 13.6. The number of ether oxygens (including phenoxy) is 1. The summed E-state index contributed by atoms with van der Waals surface area (Å²) in [6, 6.07) is 15.6. The van der Waals surface area contributed by atoms with Crippen molar-refractivity contribution >= 4 is 10.0 Å². The Kier molecular flexibility index (Phi) is 6.67. The third-order valence-electron chi connectivity index (χ3n) is 6.28. The van der Waals surface area contributed by atoms with Gasteiger partial charge in [0.2, 0.25) is 10.0 Å². The molecule has 6 nitrogen and oxygen atoms in total. The zero-order valence-corrected chi connectivity index (χ0v) is 19.5. The highest BCUT2D eigenvalue weighted by Crippen LogP contribution is 2.36. The molecule has 0 radical (unpaired) electrons. The Hall–Kier alpha value is -1.93. The lowest BCUT2D eigenvalue weighted by Crippen LogP contribution is -2.49. The second kappa shape index (κ2) is 9.28. The van der Waals surface area contributed by atoms with Crippen LogP contribution in [0.5, 0.6) is 5.75 Å². The topological polar surface area (TPSA) is 53.1 Å². The molecule has 0 saturated carbocycles. The van der Waals surface area contributed by atoms with Crippen LogP contribution < -0.4 is 4.74 Å². The van der Waals surface area contributed by atoms with Crippen molar-refractivity contribution in [3.8, 4) is 5.75 Å². The SMILES string of the molecule is Cc1ccc(CN2CC[C@@H]3Oc4ccccc4S(=O)(=O)N(CCN(C)C)[C@H]3CC2)cc1. The van der Waals surface area contributed by atoms with Gasteiger partial charge in [-0.2, -0.15) is 4.31 Å². The van der Waals surface area contributed by atoms with E-state index in [1.807, 2.05) is 25.1 Å². The van der Waals surface area contributed by atoms with Crippen molar-refractivity contribution < 1.29 is 13.2 Å². The van der Waals surface area contributed by atoms with Crippen LogP contribution in [-0.2, 0) is 16.6 Å². The summed E-state index contributed by atoms with van der Waals surface area (Å²) in [4.78, 5) is 4.74. The van der Waals surface area contributed by atoms with Gasteiger partial charge in [-0.25, -0.2) is 8.42 Å². The monoisotopic (exact) mass is 443 g/mol. The first-order valence-corrected chi connectivity index (χ1v) is 12.5. The molecule has 2 heterocycles. The Morgan fingerprint density at radius 2 is 1.74 bits per heavy atom. The summed E-state index contributed by atoms with van der Waals surface area (Å²) in [5.41, 5.74) is 2.55. The van der Waals surface area contributed by atoms with Crippen molar-refractivity contribution in [2.75, 3.05) is 40.3 Å². The molecule has 0 aromatic heterocycles. The van der Waals surface area contributed by atoms with E-state index in [0.29, 0.717) is 23.7 Å². The van der Waals surface area contributed by atoms with E-state index in [4.69, 9.17) is 4.74 Å². The quantitative estimate of drug-likeness (QED) is 0.711. The molecular formula is C24H33N3O3S. The summed E-state index contributed by atoms with van der Waals surface area (Å²) >= 11 is 0. The number of nitrogens with zero attached hydrogens (tertiary/aromatic N) is 3. The lowest BCUT2D eigenvalue weighted by atomic mass is 10.1. The van der Waals surface area contributed by atoms with Gasteiger partial charge in [-0.1, -0.05) is 42.0 Å². The molecule has 0 N–H and O–H groups in total. The Labute approximate surface area is 186 Å². The first kappa shape index (κ1) is 22.3. The van der Waals surface area contributed by atoms with E-state index in [-0.39, 0.29) is 12.1 Å². The van der Waals surface area contributed by atoms with Crippen molar-refractivity contribution in [1.29, 1.82) is 0 Å². The highest BCUT2D eigenvalue weighted by atomic mass is 32.2. The van der Waals surface area contributed by atoms with Crippen LogP contribution in [0.2, 0.25) is 0 Å². The van der Waals surface area contributed by atoms with E-state index >= 15 is 0 Å². The van der Waals surface area contributed by atoms with Gasteiger partial charge in [0.15, 0.2) is 0 Å². The number of fused-ring (bicyclic) bond motifs is 2. The van der Waals surface area contributed by atoms with Crippen LogP contribution in [0.1, 0.15) is 24.0 Å². The zero-order chi connectivity index (χ0) is 22.0. The van der Waals surface area contributed by atoms with Crippen molar-refractivity contribution in [2.24, 2.45) is 0 Å². The summed E-state index contributed by atoms with van der Waals surface area (Å²) in [6.07, 6.45) is 1.42. The largest absolute Gasteiger partial charge is 0.487 e. The predicted molar refractivity (Wildman–Crippen MR) is 123 cm³/mol. The van der Waals surface area contributed by atoms with E-state index in [9.17, 15) is 8.42 Å². The van der Waals surface area contributed by atoms with Crippen LogP contribution in [0.3, 0.4) is 0 Å². The smallest absolute Gasteiger partial charge is 0.247 e. The van der Waals surface area contributed by atoms with Gasteiger partial charge in [0.05, 0.1) is 6.04 Å². The first-order valence-electron chi connectivity index (χ1n) is 11.0. The van der Waals surface area contributed by atoms with Crippen molar-refractivity contribution in [3.63, 3.8) is 0 Å². The zero-order valence-electron chi connectivity index (χ0n) is 18.7. The fourth-order valence-corrected chi connectivity index (χ4v) is 6.30. The lowest BCUT2D eigenvalue weighted by Gasteiger charge is -2.32. The molecule has 7 heteroatoms. The van der Waals surface area contributed by atoms with Crippen LogP contribution in [0.4, 0.5) is 0 Å².